The zero-order valence-corrected chi connectivity index (χ0v) is 14.5. The first-order valence-corrected chi connectivity index (χ1v) is 8.75. The standard InChI is InChI=1S/C18H19N3O2S/c1-13(2)21(18(22)15-9-6-12-24-15)11-10-16-19-17(20-23-16)14-7-4-3-5-8-14/h3-9,12-13H,10-11H2,1-2H3. The molecule has 0 fully saturated rings. The molecule has 0 aliphatic heterocycles. The van der Waals surface area contributed by atoms with Crippen molar-refractivity contribution in [1.82, 2.24) is 15.0 Å². The summed E-state index contributed by atoms with van der Waals surface area (Å²) in [5, 5.41) is 5.93. The fourth-order valence-corrected chi connectivity index (χ4v) is 3.09. The van der Waals surface area contributed by atoms with E-state index in [0.29, 0.717) is 24.7 Å². The Kier molecular flexibility index (Phi) is 5.05. The minimum atomic E-state index is 0.0443. The zero-order valence-electron chi connectivity index (χ0n) is 13.7. The molecule has 0 atom stereocenters. The largest absolute Gasteiger partial charge is 0.339 e. The fraction of sp³-hybridized carbons (Fsp3) is 0.278. The van der Waals surface area contributed by atoms with Gasteiger partial charge in [-0.3, -0.25) is 4.79 Å². The van der Waals surface area contributed by atoms with E-state index in [-0.39, 0.29) is 11.9 Å². The van der Waals surface area contributed by atoms with Crippen molar-refractivity contribution in [1.29, 1.82) is 0 Å². The van der Waals surface area contributed by atoms with Gasteiger partial charge in [-0.1, -0.05) is 41.6 Å². The normalized spacial score (nSPS) is 11.0. The van der Waals surface area contributed by atoms with Gasteiger partial charge in [0.1, 0.15) is 0 Å². The highest BCUT2D eigenvalue weighted by Gasteiger charge is 2.20. The van der Waals surface area contributed by atoms with Crippen LogP contribution in [0.3, 0.4) is 0 Å². The van der Waals surface area contributed by atoms with Crippen molar-refractivity contribution in [3.8, 4) is 11.4 Å². The minimum absolute atomic E-state index is 0.0443. The molecule has 5 nitrogen and oxygen atoms in total. The summed E-state index contributed by atoms with van der Waals surface area (Å²) in [5.41, 5.74) is 0.919. The van der Waals surface area contributed by atoms with Gasteiger partial charge in [-0.15, -0.1) is 11.3 Å². The molecule has 3 rings (SSSR count). The Morgan fingerprint density at radius 3 is 2.67 bits per heavy atom. The van der Waals surface area contributed by atoms with E-state index >= 15 is 0 Å². The van der Waals surface area contributed by atoms with Gasteiger partial charge in [0.2, 0.25) is 11.7 Å². The van der Waals surface area contributed by atoms with Gasteiger partial charge in [0.15, 0.2) is 0 Å². The van der Waals surface area contributed by atoms with Gasteiger partial charge in [-0.2, -0.15) is 4.98 Å². The lowest BCUT2D eigenvalue weighted by Crippen LogP contribution is -2.38. The maximum atomic E-state index is 12.6. The molecule has 3 aromatic rings. The Morgan fingerprint density at radius 2 is 2.00 bits per heavy atom. The molecule has 0 bridgehead atoms. The molecule has 1 aromatic carbocycles. The highest BCUT2D eigenvalue weighted by molar-refractivity contribution is 7.12. The number of amides is 1. The first kappa shape index (κ1) is 16.4. The average molecular weight is 341 g/mol. The van der Waals surface area contributed by atoms with Crippen LogP contribution in [0.5, 0.6) is 0 Å². The van der Waals surface area contributed by atoms with Crippen LogP contribution in [0.1, 0.15) is 29.4 Å². The Morgan fingerprint density at radius 1 is 1.21 bits per heavy atom. The lowest BCUT2D eigenvalue weighted by molar-refractivity contribution is 0.0709. The summed E-state index contributed by atoms with van der Waals surface area (Å²) in [4.78, 5) is 19.6. The second-order valence-corrected chi connectivity index (χ2v) is 6.65. The summed E-state index contributed by atoms with van der Waals surface area (Å²) in [6.07, 6.45) is 0.537. The molecule has 0 aliphatic carbocycles. The van der Waals surface area contributed by atoms with Crippen molar-refractivity contribution >= 4 is 17.2 Å². The van der Waals surface area contributed by atoms with E-state index < -0.39 is 0 Å². The van der Waals surface area contributed by atoms with Crippen LogP contribution >= 0.6 is 11.3 Å². The summed E-state index contributed by atoms with van der Waals surface area (Å²) in [7, 11) is 0. The monoisotopic (exact) mass is 341 g/mol. The van der Waals surface area contributed by atoms with E-state index in [1.165, 1.54) is 11.3 Å². The molecule has 24 heavy (non-hydrogen) atoms. The molecule has 124 valence electrons. The molecule has 0 saturated carbocycles. The van der Waals surface area contributed by atoms with Crippen LogP contribution in [0.15, 0.2) is 52.4 Å². The Bertz CT molecular complexity index is 782. The Hall–Kier alpha value is -2.47. The van der Waals surface area contributed by atoms with Crippen LogP contribution in [0.4, 0.5) is 0 Å². The lowest BCUT2D eigenvalue weighted by Gasteiger charge is -2.25. The smallest absolute Gasteiger partial charge is 0.264 e. The first-order valence-electron chi connectivity index (χ1n) is 7.87. The van der Waals surface area contributed by atoms with E-state index in [1.54, 1.807) is 0 Å². The summed E-state index contributed by atoms with van der Waals surface area (Å²) in [5.74, 6) is 1.16. The molecule has 2 aromatic heterocycles. The van der Waals surface area contributed by atoms with Crippen LogP contribution in [0.2, 0.25) is 0 Å². The van der Waals surface area contributed by atoms with Crippen LogP contribution in [0, 0.1) is 0 Å². The number of hydrogen-bond donors (Lipinski definition) is 0. The lowest BCUT2D eigenvalue weighted by atomic mass is 10.2. The number of carbonyl (C=O) groups excluding carboxylic acids is 1. The predicted octanol–water partition coefficient (Wildman–Crippen LogP) is 3.89. The number of benzene rings is 1. The van der Waals surface area contributed by atoms with Crippen molar-refractivity contribution in [2.24, 2.45) is 0 Å². The predicted molar refractivity (Wildman–Crippen MR) is 93.9 cm³/mol. The molecule has 0 N–H and O–H groups in total. The molecule has 0 aliphatic rings. The average Bonchev–Trinajstić information content (AvgIpc) is 3.27. The molecule has 0 unspecified atom stereocenters. The van der Waals surface area contributed by atoms with Gasteiger partial charge >= 0.3 is 0 Å². The molecular weight excluding hydrogens is 322 g/mol. The van der Waals surface area contributed by atoms with Gasteiger partial charge in [-0.05, 0) is 25.3 Å². The molecular formula is C18H19N3O2S. The zero-order chi connectivity index (χ0) is 16.9. The van der Waals surface area contributed by atoms with E-state index in [0.717, 1.165) is 10.4 Å². The second-order valence-electron chi connectivity index (χ2n) is 5.70. The van der Waals surface area contributed by atoms with E-state index in [1.807, 2.05) is 66.6 Å². The van der Waals surface area contributed by atoms with Gasteiger partial charge < -0.3 is 9.42 Å². The molecule has 0 saturated heterocycles. The first-order chi connectivity index (χ1) is 11.6. The van der Waals surface area contributed by atoms with Crippen LogP contribution in [-0.2, 0) is 6.42 Å². The van der Waals surface area contributed by atoms with Crippen LogP contribution < -0.4 is 0 Å². The van der Waals surface area contributed by atoms with Crippen molar-refractivity contribution in [3.05, 3.63) is 58.6 Å². The second kappa shape index (κ2) is 7.40. The summed E-state index contributed by atoms with van der Waals surface area (Å²) in [6.45, 7) is 4.56. The topological polar surface area (TPSA) is 59.2 Å². The van der Waals surface area contributed by atoms with Gasteiger partial charge in [0, 0.05) is 24.6 Å². The van der Waals surface area contributed by atoms with Crippen molar-refractivity contribution in [2.75, 3.05) is 6.54 Å². The quantitative estimate of drug-likeness (QED) is 0.682. The number of rotatable bonds is 6. The Labute approximate surface area is 144 Å². The van der Waals surface area contributed by atoms with Crippen LogP contribution in [-0.4, -0.2) is 33.5 Å². The SMILES string of the molecule is CC(C)N(CCc1nc(-c2ccccc2)no1)C(=O)c1cccs1. The molecule has 0 radical (unpaired) electrons. The molecule has 1 amide bonds. The van der Waals surface area contributed by atoms with Crippen molar-refractivity contribution in [3.63, 3.8) is 0 Å². The number of aromatic nitrogens is 2. The van der Waals surface area contributed by atoms with Gasteiger partial charge in [0.05, 0.1) is 4.88 Å². The molecule has 2 heterocycles. The highest BCUT2D eigenvalue weighted by atomic mass is 32.1. The van der Waals surface area contributed by atoms with E-state index in [2.05, 4.69) is 10.1 Å². The Balaban J connectivity index is 1.67. The minimum Gasteiger partial charge on any atom is -0.339 e. The number of thiophene rings is 1. The number of hydrogen-bond acceptors (Lipinski definition) is 5. The summed E-state index contributed by atoms with van der Waals surface area (Å²) in [6, 6.07) is 13.5. The van der Waals surface area contributed by atoms with E-state index in [4.69, 9.17) is 4.52 Å². The number of carbonyl (C=O) groups is 1. The third-order valence-corrected chi connectivity index (χ3v) is 4.54. The maximum absolute atomic E-state index is 12.6. The number of nitrogens with zero attached hydrogens (tertiary/aromatic N) is 3. The third kappa shape index (κ3) is 3.71. The van der Waals surface area contributed by atoms with Crippen LogP contribution in [0.25, 0.3) is 11.4 Å². The third-order valence-electron chi connectivity index (χ3n) is 3.68. The molecule has 6 heteroatoms. The fourth-order valence-electron chi connectivity index (χ4n) is 2.41. The highest BCUT2D eigenvalue weighted by Crippen LogP contribution is 2.17. The van der Waals surface area contributed by atoms with Gasteiger partial charge in [0.25, 0.3) is 5.91 Å². The van der Waals surface area contributed by atoms with E-state index in [9.17, 15) is 4.79 Å². The summed E-state index contributed by atoms with van der Waals surface area (Å²) < 4.78 is 5.32. The molecule has 0 spiro atoms. The maximum Gasteiger partial charge on any atom is 0.264 e. The summed E-state index contributed by atoms with van der Waals surface area (Å²) >= 11 is 1.46. The van der Waals surface area contributed by atoms with Crippen molar-refractivity contribution < 1.29 is 9.32 Å². The van der Waals surface area contributed by atoms with Crippen molar-refractivity contribution in [2.45, 2.75) is 26.3 Å². The van der Waals surface area contributed by atoms with Gasteiger partial charge in [-0.25, -0.2) is 0 Å².